The number of unbranched alkanes of at least 4 members (excludes halogenated alkanes) is 1. The summed E-state index contributed by atoms with van der Waals surface area (Å²) in [4.78, 5) is 18.3. The van der Waals surface area contributed by atoms with E-state index in [2.05, 4.69) is 36.6 Å². The summed E-state index contributed by atoms with van der Waals surface area (Å²) in [5.74, 6) is 0. The summed E-state index contributed by atoms with van der Waals surface area (Å²) in [6.07, 6.45) is 2.09. The third-order valence-electron chi connectivity index (χ3n) is 5.06. The van der Waals surface area contributed by atoms with E-state index in [-0.39, 0.29) is 0 Å². The minimum absolute atomic E-state index is 0.719. The Labute approximate surface area is 174 Å². The Bertz CT molecular complexity index is 1090. The van der Waals surface area contributed by atoms with E-state index in [1.807, 2.05) is 30.8 Å². The van der Waals surface area contributed by atoms with E-state index in [1.54, 1.807) is 22.7 Å². The van der Waals surface area contributed by atoms with Gasteiger partial charge in [0, 0.05) is 9.89 Å². The van der Waals surface area contributed by atoms with Gasteiger partial charge in [-0.2, -0.15) is 0 Å². The molecule has 144 valence electrons. The van der Waals surface area contributed by atoms with Crippen molar-refractivity contribution < 1.29 is 4.80 Å². The molecule has 0 bridgehead atoms. The van der Waals surface area contributed by atoms with Crippen LogP contribution in [0.5, 0.6) is 0 Å². The second kappa shape index (κ2) is 7.79. The number of aromatic nitrogens is 1. The standard InChI is InChI=1S/C22H24N2OS2Si/c1-3-4-13-28(2,25)22-20(23)19-16(15-9-6-5-7-10-15)14-17(24-21(19)27-22)18-11-8-12-26-18/h5-12,14,25H,3-4,13,23H2,1-2H3/t28-/m1/s1. The van der Waals surface area contributed by atoms with Crippen LogP contribution in [-0.4, -0.2) is 18.1 Å². The number of pyridine rings is 1. The van der Waals surface area contributed by atoms with Gasteiger partial charge in [-0.1, -0.05) is 56.2 Å². The second-order valence-corrected chi connectivity index (χ2v) is 13.2. The molecule has 3 N–H and O–H groups in total. The lowest BCUT2D eigenvalue weighted by Crippen LogP contribution is -2.44. The van der Waals surface area contributed by atoms with Gasteiger partial charge in [0.05, 0.1) is 16.3 Å². The molecule has 0 aliphatic heterocycles. The summed E-state index contributed by atoms with van der Waals surface area (Å²) < 4.78 is 0.962. The van der Waals surface area contributed by atoms with E-state index in [1.165, 1.54) is 0 Å². The van der Waals surface area contributed by atoms with Gasteiger partial charge in [0.25, 0.3) is 0 Å². The quantitative estimate of drug-likeness (QED) is 0.382. The SMILES string of the molecule is CCCC[Si@@](C)(O)c1sc2nc(-c3cccs3)cc(-c3ccccc3)c2c1N. The average Bonchev–Trinajstić information content (AvgIpc) is 3.35. The van der Waals surface area contributed by atoms with E-state index < -0.39 is 8.32 Å². The highest BCUT2D eigenvalue weighted by Crippen LogP contribution is 2.39. The maximum atomic E-state index is 11.3. The molecule has 0 saturated heterocycles. The van der Waals surface area contributed by atoms with Crippen molar-refractivity contribution in [2.24, 2.45) is 0 Å². The molecule has 0 amide bonds. The molecule has 1 aromatic carbocycles. The van der Waals surface area contributed by atoms with Crippen molar-refractivity contribution in [3.8, 4) is 21.7 Å². The molecule has 0 spiro atoms. The van der Waals surface area contributed by atoms with E-state index in [4.69, 9.17) is 10.7 Å². The van der Waals surface area contributed by atoms with Crippen molar-refractivity contribution in [1.29, 1.82) is 0 Å². The van der Waals surface area contributed by atoms with Gasteiger partial charge >= 0.3 is 0 Å². The maximum absolute atomic E-state index is 11.3. The molecule has 6 heteroatoms. The van der Waals surface area contributed by atoms with Gasteiger partial charge in [0.2, 0.25) is 8.32 Å². The lowest BCUT2D eigenvalue weighted by Gasteiger charge is -2.19. The highest BCUT2D eigenvalue weighted by atomic mass is 32.1. The number of anilines is 1. The largest absolute Gasteiger partial charge is 0.427 e. The van der Waals surface area contributed by atoms with Crippen LogP contribution in [0.4, 0.5) is 5.69 Å². The monoisotopic (exact) mass is 424 g/mol. The van der Waals surface area contributed by atoms with Crippen LogP contribution in [-0.2, 0) is 0 Å². The van der Waals surface area contributed by atoms with Crippen molar-refractivity contribution in [1.82, 2.24) is 4.98 Å². The highest BCUT2D eigenvalue weighted by molar-refractivity contribution is 7.31. The summed E-state index contributed by atoms with van der Waals surface area (Å²) in [6, 6.07) is 17.4. The molecule has 0 saturated carbocycles. The zero-order chi connectivity index (χ0) is 19.7. The van der Waals surface area contributed by atoms with Gasteiger partial charge in [-0.15, -0.1) is 22.7 Å². The number of nitrogens with zero attached hydrogens (tertiary/aromatic N) is 1. The average molecular weight is 425 g/mol. The number of hydrogen-bond donors (Lipinski definition) is 2. The molecule has 0 aliphatic carbocycles. The van der Waals surface area contributed by atoms with Gasteiger partial charge in [-0.25, -0.2) is 4.98 Å². The van der Waals surface area contributed by atoms with E-state index in [0.717, 1.165) is 61.0 Å². The maximum Gasteiger partial charge on any atom is 0.229 e. The lowest BCUT2D eigenvalue weighted by molar-refractivity contribution is 0.552. The lowest BCUT2D eigenvalue weighted by atomic mass is 10.0. The third kappa shape index (κ3) is 3.53. The first-order valence-electron chi connectivity index (χ1n) is 9.56. The predicted octanol–water partition coefficient (Wildman–Crippen LogP) is 5.85. The number of hydrogen-bond acceptors (Lipinski definition) is 5. The topological polar surface area (TPSA) is 59.1 Å². The van der Waals surface area contributed by atoms with Crippen LogP contribution in [0, 0.1) is 0 Å². The van der Waals surface area contributed by atoms with Crippen LogP contribution < -0.4 is 10.2 Å². The fourth-order valence-corrected chi connectivity index (χ4v) is 8.56. The van der Waals surface area contributed by atoms with Crippen LogP contribution in [0.15, 0.2) is 53.9 Å². The second-order valence-electron chi connectivity index (χ2n) is 7.30. The highest BCUT2D eigenvalue weighted by Gasteiger charge is 2.33. The molecule has 3 aromatic heterocycles. The van der Waals surface area contributed by atoms with Crippen molar-refractivity contribution in [3.63, 3.8) is 0 Å². The van der Waals surface area contributed by atoms with Gasteiger partial charge in [-0.3, -0.25) is 0 Å². The van der Waals surface area contributed by atoms with E-state index >= 15 is 0 Å². The number of nitrogens with two attached hydrogens (primary N) is 1. The Morgan fingerprint density at radius 3 is 2.61 bits per heavy atom. The van der Waals surface area contributed by atoms with Gasteiger partial charge in [0.1, 0.15) is 4.83 Å². The van der Waals surface area contributed by atoms with Crippen molar-refractivity contribution in [2.45, 2.75) is 32.4 Å². The molecule has 0 fully saturated rings. The first-order chi connectivity index (χ1) is 13.5. The Morgan fingerprint density at radius 2 is 1.93 bits per heavy atom. The number of nitrogen functional groups attached to an aromatic ring is 1. The molecule has 3 nitrogen and oxygen atoms in total. The first kappa shape index (κ1) is 19.3. The fraction of sp³-hybridized carbons (Fsp3) is 0.227. The molecule has 28 heavy (non-hydrogen) atoms. The predicted molar refractivity (Wildman–Crippen MR) is 126 cm³/mol. The van der Waals surface area contributed by atoms with Crippen molar-refractivity contribution >= 4 is 51.4 Å². The summed E-state index contributed by atoms with van der Waals surface area (Å²) in [7, 11) is -2.58. The number of fused-ring (bicyclic) bond motifs is 1. The molecule has 4 rings (SSSR count). The number of rotatable bonds is 6. The van der Waals surface area contributed by atoms with Gasteiger partial charge < -0.3 is 10.5 Å². The van der Waals surface area contributed by atoms with Crippen LogP contribution in [0.2, 0.25) is 12.6 Å². The van der Waals surface area contributed by atoms with E-state index in [0.29, 0.717) is 0 Å². The Balaban J connectivity index is 1.97. The zero-order valence-corrected chi connectivity index (χ0v) is 18.7. The number of benzene rings is 1. The summed E-state index contributed by atoms with van der Waals surface area (Å²) in [5.41, 5.74) is 10.5. The summed E-state index contributed by atoms with van der Waals surface area (Å²) >= 11 is 3.27. The van der Waals surface area contributed by atoms with Gasteiger partial charge in [-0.05, 0) is 41.2 Å². The van der Waals surface area contributed by atoms with Crippen LogP contribution >= 0.6 is 22.7 Å². The Morgan fingerprint density at radius 1 is 1.14 bits per heavy atom. The number of thiophene rings is 2. The minimum atomic E-state index is -2.58. The molecular formula is C22H24N2OS2Si. The van der Waals surface area contributed by atoms with Crippen LogP contribution in [0.3, 0.4) is 0 Å². The van der Waals surface area contributed by atoms with Crippen LogP contribution in [0.1, 0.15) is 19.8 Å². The third-order valence-corrected chi connectivity index (χ3v) is 11.1. The zero-order valence-electron chi connectivity index (χ0n) is 16.1. The smallest absolute Gasteiger partial charge is 0.229 e. The first-order valence-corrected chi connectivity index (χ1v) is 13.9. The Hall–Kier alpha value is -1.99. The molecule has 3 heterocycles. The van der Waals surface area contributed by atoms with E-state index in [9.17, 15) is 4.80 Å². The summed E-state index contributed by atoms with van der Waals surface area (Å²) in [5, 5.41) is 3.05. The van der Waals surface area contributed by atoms with Gasteiger partial charge in [0.15, 0.2) is 0 Å². The fourth-order valence-electron chi connectivity index (χ4n) is 3.55. The molecule has 0 aliphatic rings. The minimum Gasteiger partial charge on any atom is -0.427 e. The molecule has 4 aromatic rings. The molecule has 1 atom stereocenters. The molecule has 0 unspecified atom stereocenters. The normalized spacial score (nSPS) is 13.7. The van der Waals surface area contributed by atoms with Crippen LogP contribution in [0.25, 0.3) is 31.9 Å². The Kier molecular flexibility index (Phi) is 5.38. The van der Waals surface area contributed by atoms with Crippen molar-refractivity contribution in [3.05, 3.63) is 53.9 Å². The molecule has 0 radical (unpaired) electrons. The van der Waals surface area contributed by atoms with Crippen molar-refractivity contribution in [2.75, 3.05) is 5.73 Å². The summed E-state index contributed by atoms with van der Waals surface area (Å²) in [6.45, 7) is 4.16. The molecular weight excluding hydrogens is 400 g/mol.